The van der Waals surface area contributed by atoms with Crippen molar-refractivity contribution in [2.75, 3.05) is 26.2 Å². The van der Waals surface area contributed by atoms with E-state index in [0.29, 0.717) is 12.3 Å². The summed E-state index contributed by atoms with van der Waals surface area (Å²) in [5.74, 6) is 0.894. The van der Waals surface area contributed by atoms with Crippen molar-refractivity contribution in [1.82, 2.24) is 20.2 Å². The Bertz CT molecular complexity index is 660. The van der Waals surface area contributed by atoms with E-state index >= 15 is 0 Å². The zero-order valence-electron chi connectivity index (χ0n) is 14.9. The van der Waals surface area contributed by atoms with Gasteiger partial charge in [0.15, 0.2) is 0 Å². The average Bonchev–Trinajstić information content (AvgIpc) is 3.09. The second kappa shape index (κ2) is 11.5. The van der Waals surface area contributed by atoms with Crippen LogP contribution in [0.2, 0.25) is 0 Å². The molecule has 144 valence electrons. The molecule has 3 heterocycles. The number of thiazole rings is 1. The van der Waals surface area contributed by atoms with Gasteiger partial charge in [-0.3, -0.25) is 9.78 Å². The van der Waals surface area contributed by atoms with Gasteiger partial charge >= 0.3 is 0 Å². The molecular formula is C18H26Cl2N4OS. The van der Waals surface area contributed by atoms with Gasteiger partial charge in [-0.1, -0.05) is 6.92 Å². The van der Waals surface area contributed by atoms with Gasteiger partial charge in [0.2, 0.25) is 5.91 Å². The lowest BCUT2D eigenvalue weighted by atomic mass is 9.96. The third-order valence-corrected chi connectivity index (χ3v) is 5.38. The fraction of sp³-hybridized carbons (Fsp3) is 0.500. The third-order valence-electron chi connectivity index (χ3n) is 4.44. The summed E-state index contributed by atoms with van der Waals surface area (Å²) in [6.45, 7) is 5.95. The molecule has 0 atom stereocenters. The Kier molecular flexibility index (Phi) is 10.1. The van der Waals surface area contributed by atoms with E-state index in [1.54, 1.807) is 23.7 Å². The monoisotopic (exact) mass is 416 g/mol. The van der Waals surface area contributed by atoms with E-state index < -0.39 is 0 Å². The van der Waals surface area contributed by atoms with Gasteiger partial charge in [-0.05, 0) is 44.0 Å². The number of hydrogen-bond donors (Lipinski definition) is 1. The van der Waals surface area contributed by atoms with Gasteiger partial charge in [-0.2, -0.15) is 0 Å². The summed E-state index contributed by atoms with van der Waals surface area (Å²) in [6.07, 6.45) is 6.14. The molecule has 1 aliphatic heterocycles. The van der Waals surface area contributed by atoms with Crippen LogP contribution in [0.3, 0.4) is 0 Å². The van der Waals surface area contributed by atoms with Gasteiger partial charge in [0.25, 0.3) is 0 Å². The number of pyridine rings is 1. The smallest absolute Gasteiger partial charge is 0.228 e. The highest BCUT2D eigenvalue weighted by Gasteiger charge is 2.23. The standard InChI is InChI=1S/C18H24N4OS.2ClH/c1-2-19-11-14-5-8-22(9-6-14)17(23)10-16-13-24-18(21-16)15-4-3-7-20-12-15;;/h3-4,7,12-14,19H,2,5-6,8-11H2,1H3;2*1H. The van der Waals surface area contributed by atoms with Crippen molar-refractivity contribution in [2.45, 2.75) is 26.2 Å². The summed E-state index contributed by atoms with van der Waals surface area (Å²) in [4.78, 5) is 23.2. The Morgan fingerprint density at radius 2 is 2.12 bits per heavy atom. The molecule has 0 spiro atoms. The van der Waals surface area contributed by atoms with Gasteiger partial charge in [0.1, 0.15) is 5.01 Å². The Morgan fingerprint density at radius 1 is 1.35 bits per heavy atom. The highest BCUT2D eigenvalue weighted by atomic mass is 35.5. The molecule has 3 rings (SSSR count). The summed E-state index contributed by atoms with van der Waals surface area (Å²) in [6, 6.07) is 3.89. The number of piperidine rings is 1. The first-order valence-corrected chi connectivity index (χ1v) is 9.47. The van der Waals surface area contributed by atoms with Crippen LogP contribution in [0.1, 0.15) is 25.5 Å². The molecule has 26 heavy (non-hydrogen) atoms. The average molecular weight is 417 g/mol. The molecule has 2 aromatic rings. The fourth-order valence-corrected chi connectivity index (χ4v) is 3.82. The van der Waals surface area contributed by atoms with Crippen LogP contribution in [-0.2, 0) is 11.2 Å². The summed E-state index contributed by atoms with van der Waals surface area (Å²) < 4.78 is 0. The number of hydrogen-bond acceptors (Lipinski definition) is 5. The summed E-state index contributed by atoms with van der Waals surface area (Å²) in [5, 5.41) is 6.31. The lowest BCUT2D eigenvalue weighted by molar-refractivity contribution is -0.131. The largest absolute Gasteiger partial charge is 0.342 e. The topological polar surface area (TPSA) is 58.1 Å². The van der Waals surface area contributed by atoms with E-state index in [1.165, 1.54) is 0 Å². The maximum atomic E-state index is 12.5. The normalized spacial score (nSPS) is 14.4. The second-order valence-electron chi connectivity index (χ2n) is 6.19. The minimum atomic E-state index is 0. The van der Waals surface area contributed by atoms with Gasteiger partial charge in [0.05, 0.1) is 12.1 Å². The van der Waals surface area contributed by atoms with Crippen LogP contribution in [0, 0.1) is 5.92 Å². The first-order chi connectivity index (χ1) is 11.8. The van der Waals surface area contributed by atoms with Crippen LogP contribution < -0.4 is 5.32 Å². The Hall–Kier alpha value is -1.21. The Labute approximate surface area is 171 Å². The van der Waals surface area contributed by atoms with Crippen molar-refractivity contribution < 1.29 is 4.79 Å². The fourth-order valence-electron chi connectivity index (χ4n) is 3.01. The molecule has 0 saturated carbocycles. The molecular weight excluding hydrogens is 391 g/mol. The zero-order valence-corrected chi connectivity index (χ0v) is 17.3. The van der Waals surface area contributed by atoms with E-state index in [2.05, 4.69) is 22.2 Å². The number of nitrogens with zero attached hydrogens (tertiary/aromatic N) is 3. The second-order valence-corrected chi connectivity index (χ2v) is 7.05. The highest BCUT2D eigenvalue weighted by Crippen LogP contribution is 2.23. The number of rotatable bonds is 6. The quantitative estimate of drug-likeness (QED) is 0.783. The van der Waals surface area contributed by atoms with Crippen LogP contribution in [0.15, 0.2) is 29.9 Å². The minimum absolute atomic E-state index is 0. The van der Waals surface area contributed by atoms with E-state index in [0.717, 1.165) is 55.3 Å². The molecule has 0 aromatic carbocycles. The molecule has 0 radical (unpaired) electrons. The predicted octanol–water partition coefficient (Wildman–Crippen LogP) is 3.44. The number of carbonyl (C=O) groups is 1. The number of aromatic nitrogens is 2. The molecule has 0 aliphatic carbocycles. The van der Waals surface area contributed by atoms with Gasteiger partial charge in [-0.15, -0.1) is 36.2 Å². The van der Waals surface area contributed by atoms with Crippen molar-refractivity contribution in [3.05, 3.63) is 35.6 Å². The summed E-state index contributed by atoms with van der Waals surface area (Å²) in [5.41, 5.74) is 1.86. The molecule has 0 unspecified atom stereocenters. The van der Waals surface area contributed by atoms with Crippen molar-refractivity contribution in [3.8, 4) is 10.6 Å². The first kappa shape index (κ1) is 22.8. The zero-order chi connectivity index (χ0) is 16.8. The van der Waals surface area contributed by atoms with Crippen molar-refractivity contribution >= 4 is 42.1 Å². The molecule has 0 bridgehead atoms. The molecule has 2 aromatic heterocycles. The van der Waals surface area contributed by atoms with Gasteiger partial charge in [0, 0.05) is 36.4 Å². The number of likely N-dealkylation sites (tertiary alicyclic amines) is 1. The highest BCUT2D eigenvalue weighted by molar-refractivity contribution is 7.13. The summed E-state index contributed by atoms with van der Waals surface area (Å²) >= 11 is 1.57. The van der Waals surface area contributed by atoms with Crippen LogP contribution >= 0.6 is 36.2 Å². The van der Waals surface area contributed by atoms with Crippen molar-refractivity contribution in [1.29, 1.82) is 0 Å². The van der Waals surface area contributed by atoms with Gasteiger partial charge < -0.3 is 10.2 Å². The molecule has 1 fully saturated rings. The molecule has 1 amide bonds. The SMILES string of the molecule is CCNCC1CCN(C(=O)Cc2csc(-c3cccnc3)n2)CC1.Cl.Cl. The first-order valence-electron chi connectivity index (χ1n) is 8.59. The number of amides is 1. The molecule has 1 aliphatic rings. The van der Waals surface area contributed by atoms with E-state index in [9.17, 15) is 4.79 Å². The van der Waals surface area contributed by atoms with E-state index in [1.807, 2.05) is 22.4 Å². The van der Waals surface area contributed by atoms with Gasteiger partial charge in [-0.25, -0.2) is 4.98 Å². The van der Waals surface area contributed by atoms with Crippen LogP contribution in [-0.4, -0.2) is 47.0 Å². The van der Waals surface area contributed by atoms with Crippen molar-refractivity contribution in [2.24, 2.45) is 5.92 Å². The lowest BCUT2D eigenvalue weighted by Gasteiger charge is -2.32. The maximum Gasteiger partial charge on any atom is 0.228 e. The lowest BCUT2D eigenvalue weighted by Crippen LogP contribution is -2.41. The molecule has 8 heteroatoms. The Balaban J connectivity index is 0.00000169. The maximum absolute atomic E-state index is 12.5. The Morgan fingerprint density at radius 3 is 2.77 bits per heavy atom. The minimum Gasteiger partial charge on any atom is -0.342 e. The predicted molar refractivity (Wildman–Crippen MR) is 111 cm³/mol. The number of nitrogens with one attached hydrogen (secondary N) is 1. The van der Waals surface area contributed by atoms with Crippen LogP contribution in [0.25, 0.3) is 10.6 Å². The van der Waals surface area contributed by atoms with E-state index in [-0.39, 0.29) is 30.7 Å². The van der Waals surface area contributed by atoms with Crippen molar-refractivity contribution in [3.63, 3.8) is 0 Å². The molecule has 1 N–H and O–H groups in total. The number of carbonyl (C=O) groups excluding carboxylic acids is 1. The number of halogens is 2. The third kappa shape index (κ3) is 6.20. The van der Waals surface area contributed by atoms with E-state index in [4.69, 9.17) is 0 Å². The summed E-state index contributed by atoms with van der Waals surface area (Å²) in [7, 11) is 0. The van der Waals surface area contributed by atoms with Crippen LogP contribution in [0.4, 0.5) is 0 Å². The molecule has 5 nitrogen and oxygen atoms in total. The molecule has 1 saturated heterocycles. The van der Waals surface area contributed by atoms with Crippen LogP contribution in [0.5, 0.6) is 0 Å².